The van der Waals surface area contributed by atoms with Crippen LogP contribution >= 0.6 is 11.6 Å². The number of anilines is 1. The van der Waals surface area contributed by atoms with Crippen molar-refractivity contribution in [3.05, 3.63) is 22.8 Å². The van der Waals surface area contributed by atoms with E-state index in [-0.39, 0.29) is 11.4 Å². The molecule has 5 heteroatoms. The molecule has 4 nitrogen and oxygen atoms in total. The number of hydrogen-bond acceptors (Lipinski definition) is 3. The van der Waals surface area contributed by atoms with Crippen LogP contribution in [0, 0.1) is 0 Å². The summed E-state index contributed by atoms with van der Waals surface area (Å²) in [7, 11) is 1.74. The predicted molar refractivity (Wildman–Crippen MR) is 79.9 cm³/mol. The SMILES string of the molecule is CCC(CC)(CC)NC(=O)c1cc(Cl)nc(NC)c1. The van der Waals surface area contributed by atoms with Crippen LogP contribution in [-0.2, 0) is 0 Å². The monoisotopic (exact) mass is 283 g/mol. The molecule has 0 aromatic carbocycles. The van der Waals surface area contributed by atoms with E-state index in [0.717, 1.165) is 19.3 Å². The van der Waals surface area contributed by atoms with Gasteiger partial charge in [0.25, 0.3) is 5.91 Å². The number of carbonyl (C=O) groups excluding carboxylic acids is 1. The van der Waals surface area contributed by atoms with E-state index in [1.165, 1.54) is 0 Å². The zero-order chi connectivity index (χ0) is 14.5. The second kappa shape index (κ2) is 6.75. The Labute approximate surface area is 120 Å². The zero-order valence-corrected chi connectivity index (χ0v) is 12.8. The fraction of sp³-hybridized carbons (Fsp3) is 0.571. The Morgan fingerprint density at radius 3 is 2.32 bits per heavy atom. The molecule has 0 unspecified atom stereocenters. The number of nitrogens with zero attached hydrogens (tertiary/aromatic N) is 1. The van der Waals surface area contributed by atoms with Crippen LogP contribution in [0.3, 0.4) is 0 Å². The van der Waals surface area contributed by atoms with Crippen molar-refractivity contribution in [2.45, 2.75) is 45.6 Å². The lowest BCUT2D eigenvalue weighted by molar-refractivity contribution is 0.0888. The normalized spacial score (nSPS) is 11.2. The van der Waals surface area contributed by atoms with E-state index in [1.54, 1.807) is 19.2 Å². The van der Waals surface area contributed by atoms with Gasteiger partial charge in [-0.15, -0.1) is 0 Å². The van der Waals surface area contributed by atoms with Gasteiger partial charge in [-0.2, -0.15) is 0 Å². The van der Waals surface area contributed by atoms with Crippen LogP contribution in [0.15, 0.2) is 12.1 Å². The van der Waals surface area contributed by atoms with Crippen LogP contribution in [-0.4, -0.2) is 23.5 Å². The van der Waals surface area contributed by atoms with Crippen LogP contribution in [0.2, 0.25) is 5.15 Å². The number of pyridine rings is 1. The summed E-state index contributed by atoms with van der Waals surface area (Å²) in [6.45, 7) is 6.27. The van der Waals surface area contributed by atoms with Gasteiger partial charge in [0.05, 0.1) is 0 Å². The molecular weight excluding hydrogens is 262 g/mol. The molecule has 1 rings (SSSR count). The minimum Gasteiger partial charge on any atom is -0.373 e. The number of amides is 1. The molecule has 106 valence electrons. The van der Waals surface area contributed by atoms with E-state index in [2.05, 4.69) is 36.4 Å². The molecule has 1 heterocycles. The quantitative estimate of drug-likeness (QED) is 0.786. The number of halogens is 1. The molecule has 0 aliphatic carbocycles. The van der Waals surface area contributed by atoms with Crippen molar-refractivity contribution in [1.29, 1.82) is 0 Å². The second-order valence-corrected chi connectivity index (χ2v) is 5.00. The number of rotatable bonds is 6. The van der Waals surface area contributed by atoms with Crippen molar-refractivity contribution in [1.82, 2.24) is 10.3 Å². The first-order valence-electron chi connectivity index (χ1n) is 6.68. The van der Waals surface area contributed by atoms with Gasteiger partial charge in [0.1, 0.15) is 11.0 Å². The summed E-state index contributed by atoms with van der Waals surface area (Å²) in [5.41, 5.74) is 0.385. The van der Waals surface area contributed by atoms with Crippen molar-refractivity contribution in [2.24, 2.45) is 0 Å². The summed E-state index contributed by atoms with van der Waals surface area (Å²) in [5, 5.41) is 6.33. The maximum atomic E-state index is 12.3. The number of hydrogen-bond donors (Lipinski definition) is 2. The lowest BCUT2D eigenvalue weighted by Crippen LogP contribution is -2.47. The van der Waals surface area contributed by atoms with E-state index in [0.29, 0.717) is 16.5 Å². The molecule has 1 amide bonds. The van der Waals surface area contributed by atoms with Gasteiger partial charge in [-0.1, -0.05) is 32.4 Å². The maximum Gasteiger partial charge on any atom is 0.251 e. The van der Waals surface area contributed by atoms with Gasteiger partial charge in [0.15, 0.2) is 0 Å². The number of nitrogens with one attached hydrogen (secondary N) is 2. The van der Waals surface area contributed by atoms with Crippen molar-refractivity contribution in [3.8, 4) is 0 Å². The lowest BCUT2D eigenvalue weighted by Gasteiger charge is -2.31. The summed E-state index contributed by atoms with van der Waals surface area (Å²) < 4.78 is 0. The van der Waals surface area contributed by atoms with Gasteiger partial charge in [-0.3, -0.25) is 4.79 Å². The van der Waals surface area contributed by atoms with Gasteiger partial charge in [-0.25, -0.2) is 4.98 Å². The lowest BCUT2D eigenvalue weighted by atomic mass is 9.89. The van der Waals surface area contributed by atoms with Gasteiger partial charge in [0.2, 0.25) is 0 Å². The molecule has 0 fully saturated rings. The smallest absolute Gasteiger partial charge is 0.251 e. The molecule has 2 N–H and O–H groups in total. The summed E-state index contributed by atoms with van der Waals surface area (Å²) in [5.74, 6) is 0.485. The minimum absolute atomic E-state index is 0.105. The highest BCUT2D eigenvalue weighted by Crippen LogP contribution is 2.21. The second-order valence-electron chi connectivity index (χ2n) is 4.61. The molecule has 0 saturated heterocycles. The van der Waals surface area contributed by atoms with E-state index < -0.39 is 0 Å². The third kappa shape index (κ3) is 3.83. The molecule has 0 bridgehead atoms. The van der Waals surface area contributed by atoms with E-state index in [9.17, 15) is 4.79 Å². The maximum absolute atomic E-state index is 12.3. The third-order valence-corrected chi connectivity index (χ3v) is 3.92. The fourth-order valence-corrected chi connectivity index (χ4v) is 2.29. The Morgan fingerprint density at radius 2 is 1.84 bits per heavy atom. The van der Waals surface area contributed by atoms with Crippen molar-refractivity contribution in [2.75, 3.05) is 12.4 Å². The average molecular weight is 284 g/mol. The molecule has 0 saturated carbocycles. The first-order chi connectivity index (χ1) is 9.00. The molecular formula is C14H22ClN3O. The number of carbonyl (C=O) groups is 1. The number of aromatic nitrogens is 1. The minimum atomic E-state index is -0.146. The molecule has 0 aliphatic rings. The Bertz CT molecular complexity index is 436. The zero-order valence-electron chi connectivity index (χ0n) is 12.0. The first kappa shape index (κ1) is 15.8. The molecule has 1 aromatic rings. The predicted octanol–water partition coefficient (Wildman–Crippen LogP) is 3.48. The Balaban J connectivity index is 2.97. The van der Waals surface area contributed by atoms with E-state index in [4.69, 9.17) is 11.6 Å². The molecule has 0 spiro atoms. The fourth-order valence-electron chi connectivity index (χ4n) is 2.08. The highest BCUT2D eigenvalue weighted by atomic mass is 35.5. The summed E-state index contributed by atoms with van der Waals surface area (Å²) >= 11 is 5.91. The highest BCUT2D eigenvalue weighted by molar-refractivity contribution is 6.29. The van der Waals surface area contributed by atoms with E-state index in [1.807, 2.05) is 0 Å². The summed E-state index contributed by atoms with van der Waals surface area (Å²) in [4.78, 5) is 16.4. The Morgan fingerprint density at radius 1 is 1.26 bits per heavy atom. The van der Waals surface area contributed by atoms with Crippen molar-refractivity contribution < 1.29 is 4.79 Å². The van der Waals surface area contributed by atoms with Crippen LogP contribution in [0.5, 0.6) is 0 Å². The Kier molecular flexibility index (Phi) is 5.60. The molecule has 19 heavy (non-hydrogen) atoms. The van der Waals surface area contributed by atoms with Crippen LogP contribution in [0.1, 0.15) is 50.4 Å². The first-order valence-corrected chi connectivity index (χ1v) is 7.05. The molecule has 0 radical (unpaired) electrons. The largest absolute Gasteiger partial charge is 0.373 e. The van der Waals surface area contributed by atoms with Gasteiger partial charge >= 0.3 is 0 Å². The Hall–Kier alpha value is -1.29. The van der Waals surface area contributed by atoms with Gasteiger partial charge < -0.3 is 10.6 Å². The van der Waals surface area contributed by atoms with Gasteiger partial charge in [-0.05, 0) is 31.4 Å². The van der Waals surface area contributed by atoms with Crippen LogP contribution in [0.25, 0.3) is 0 Å². The van der Waals surface area contributed by atoms with Gasteiger partial charge in [0, 0.05) is 18.2 Å². The summed E-state index contributed by atoms with van der Waals surface area (Å²) in [6, 6.07) is 3.29. The third-order valence-electron chi connectivity index (χ3n) is 3.72. The van der Waals surface area contributed by atoms with Crippen molar-refractivity contribution in [3.63, 3.8) is 0 Å². The topological polar surface area (TPSA) is 54.0 Å². The van der Waals surface area contributed by atoms with Crippen LogP contribution < -0.4 is 10.6 Å². The standard InChI is InChI=1S/C14H22ClN3O/c1-5-14(6-2,7-3)18-13(19)10-8-11(15)17-12(9-10)16-4/h8-9H,5-7H2,1-4H3,(H,16,17)(H,18,19). The summed E-state index contributed by atoms with van der Waals surface area (Å²) in [6.07, 6.45) is 2.72. The highest BCUT2D eigenvalue weighted by Gasteiger charge is 2.26. The van der Waals surface area contributed by atoms with E-state index >= 15 is 0 Å². The van der Waals surface area contributed by atoms with Crippen molar-refractivity contribution >= 4 is 23.3 Å². The molecule has 1 aromatic heterocycles. The average Bonchev–Trinajstić information content (AvgIpc) is 2.44. The van der Waals surface area contributed by atoms with Crippen LogP contribution in [0.4, 0.5) is 5.82 Å². The molecule has 0 atom stereocenters. The molecule has 0 aliphatic heterocycles.